The van der Waals surface area contributed by atoms with E-state index in [-0.39, 0.29) is 5.41 Å². The first-order chi connectivity index (χ1) is 5.12. The van der Waals surface area contributed by atoms with Gasteiger partial charge in [0.05, 0.1) is 0 Å². The third-order valence-corrected chi connectivity index (χ3v) is 1.63. The van der Waals surface area contributed by atoms with Crippen LogP contribution in [0.25, 0.3) is 9.69 Å². The Morgan fingerprint density at radius 2 is 1.82 bits per heavy atom. The SMILES string of the molecule is [C-]#[N+]CCCC(C)(C)C[N+]#[C-]. The highest BCUT2D eigenvalue weighted by atomic mass is 14.7. The van der Waals surface area contributed by atoms with Gasteiger partial charge in [-0.2, -0.15) is 0 Å². The molecule has 0 N–H and O–H groups in total. The van der Waals surface area contributed by atoms with Gasteiger partial charge in [-0.05, 0) is 6.42 Å². The molecule has 0 bridgehead atoms. The van der Waals surface area contributed by atoms with Gasteiger partial charge >= 0.3 is 0 Å². The van der Waals surface area contributed by atoms with Crippen molar-refractivity contribution < 1.29 is 0 Å². The molecule has 0 atom stereocenters. The Labute approximate surface area is 68.9 Å². The van der Waals surface area contributed by atoms with Crippen LogP contribution in [0.4, 0.5) is 0 Å². The Morgan fingerprint density at radius 1 is 1.18 bits per heavy atom. The molecule has 2 nitrogen and oxygen atoms in total. The van der Waals surface area contributed by atoms with Gasteiger partial charge in [-0.3, -0.25) is 0 Å². The van der Waals surface area contributed by atoms with Crippen molar-refractivity contribution in [2.45, 2.75) is 26.7 Å². The zero-order chi connectivity index (χ0) is 8.74. The molecule has 60 valence electrons. The summed E-state index contributed by atoms with van der Waals surface area (Å²) in [6.45, 7) is 18.6. The molecule has 0 saturated heterocycles. The van der Waals surface area contributed by atoms with Gasteiger partial charge in [0, 0.05) is 11.8 Å². The average Bonchev–Trinajstić information content (AvgIpc) is 1.87. The first kappa shape index (κ1) is 9.98. The molecule has 0 aromatic heterocycles. The molecule has 0 rings (SSSR count). The smallest absolute Gasteiger partial charge is 0.219 e. The van der Waals surface area contributed by atoms with Crippen LogP contribution in [0.5, 0.6) is 0 Å². The second kappa shape index (κ2) is 4.74. The number of hydrogen-bond acceptors (Lipinski definition) is 0. The fraction of sp³-hybridized carbons (Fsp3) is 0.778. The molecule has 11 heavy (non-hydrogen) atoms. The lowest BCUT2D eigenvalue weighted by atomic mass is 9.88. The van der Waals surface area contributed by atoms with Gasteiger partial charge in [-0.1, -0.05) is 13.8 Å². The monoisotopic (exact) mass is 150 g/mol. The van der Waals surface area contributed by atoms with Gasteiger partial charge in [0.2, 0.25) is 13.1 Å². The van der Waals surface area contributed by atoms with E-state index in [1.165, 1.54) is 0 Å². The molecule has 0 radical (unpaired) electrons. The molecular weight excluding hydrogens is 136 g/mol. The van der Waals surface area contributed by atoms with E-state index < -0.39 is 0 Å². The van der Waals surface area contributed by atoms with Crippen LogP contribution in [-0.2, 0) is 0 Å². The van der Waals surface area contributed by atoms with Gasteiger partial charge in [0.1, 0.15) is 0 Å². The molecule has 0 aromatic carbocycles. The summed E-state index contributed by atoms with van der Waals surface area (Å²) in [6.07, 6.45) is 1.91. The first-order valence-corrected chi connectivity index (χ1v) is 3.79. The fourth-order valence-electron chi connectivity index (χ4n) is 0.930. The minimum Gasteiger partial charge on any atom is -0.317 e. The van der Waals surface area contributed by atoms with Crippen LogP contribution < -0.4 is 0 Å². The predicted octanol–water partition coefficient (Wildman–Crippen LogP) is 2.63. The highest BCUT2D eigenvalue weighted by Gasteiger charge is 2.20. The zero-order valence-corrected chi connectivity index (χ0v) is 7.22. The molecule has 0 aliphatic rings. The van der Waals surface area contributed by atoms with Crippen LogP contribution in [-0.4, -0.2) is 13.1 Å². The minimum atomic E-state index is 0.104. The van der Waals surface area contributed by atoms with Crippen molar-refractivity contribution in [3.63, 3.8) is 0 Å². The van der Waals surface area contributed by atoms with Crippen molar-refractivity contribution >= 4 is 0 Å². The third kappa shape index (κ3) is 5.43. The van der Waals surface area contributed by atoms with Crippen molar-refractivity contribution in [1.29, 1.82) is 0 Å². The van der Waals surface area contributed by atoms with Crippen LogP contribution in [0.3, 0.4) is 0 Å². The van der Waals surface area contributed by atoms with Crippen molar-refractivity contribution in [2.75, 3.05) is 13.1 Å². The Kier molecular flexibility index (Phi) is 4.30. The second-order valence-corrected chi connectivity index (χ2v) is 3.47. The van der Waals surface area contributed by atoms with Gasteiger partial charge in [-0.25, -0.2) is 13.1 Å². The molecule has 0 aliphatic carbocycles. The summed E-state index contributed by atoms with van der Waals surface area (Å²) in [5, 5.41) is 0. The van der Waals surface area contributed by atoms with Gasteiger partial charge in [0.15, 0.2) is 0 Å². The molecule has 0 aromatic rings. The maximum atomic E-state index is 6.70. The summed E-state index contributed by atoms with van der Waals surface area (Å²) < 4.78 is 0. The lowest BCUT2D eigenvalue weighted by molar-refractivity contribution is 0.362. The fourth-order valence-corrected chi connectivity index (χ4v) is 0.930. The van der Waals surface area contributed by atoms with E-state index in [0.717, 1.165) is 12.8 Å². The largest absolute Gasteiger partial charge is 0.317 e. The highest BCUT2D eigenvalue weighted by Crippen LogP contribution is 2.22. The number of nitrogens with zero attached hydrogens (tertiary/aromatic N) is 2. The standard InChI is InChI=1S/C9H14N2/c1-9(2,8-11-4)6-5-7-10-3/h5-8H2,1-2H3. The van der Waals surface area contributed by atoms with E-state index in [1.54, 1.807) is 0 Å². The van der Waals surface area contributed by atoms with Crippen molar-refractivity contribution in [1.82, 2.24) is 0 Å². The van der Waals surface area contributed by atoms with Gasteiger partial charge in [0.25, 0.3) is 0 Å². The summed E-state index contributed by atoms with van der Waals surface area (Å²) in [5.41, 5.74) is 0.104. The van der Waals surface area contributed by atoms with E-state index >= 15 is 0 Å². The van der Waals surface area contributed by atoms with Gasteiger partial charge < -0.3 is 9.69 Å². The Balaban J connectivity index is 3.58. The van der Waals surface area contributed by atoms with Crippen LogP contribution in [0, 0.1) is 18.6 Å². The summed E-state index contributed by atoms with van der Waals surface area (Å²) in [5.74, 6) is 0. The van der Waals surface area contributed by atoms with Crippen molar-refractivity contribution in [2.24, 2.45) is 5.41 Å². The molecule has 0 amide bonds. The third-order valence-electron chi connectivity index (χ3n) is 1.63. The van der Waals surface area contributed by atoms with Crippen LogP contribution in [0.2, 0.25) is 0 Å². The Bertz CT molecular complexity index is 181. The molecule has 0 fully saturated rings. The summed E-state index contributed by atoms with van der Waals surface area (Å²) in [6, 6.07) is 0. The van der Waals surface area contributed by atoms with E-state index in [0.29, 0.717) is 13.1 Å². The molecule has 0 heterocycles. The molecule has 2 heteroatoms. The lowest BCUT2D eigenvalue weighted by Gasteiger charge is -2.15. The Hall–Kier alpha value is -1.02. The summed E-state index contributed by atoms with van der Waals surface area (Å²) in [4.78, 5) is 6.63. The highest BCUT2D eigenvalue weighted by molar-refractivity contribution is 4.79. The van der Waals surface area contributed by atoms with Crippen molar-refractivity contribution in [3.8, 4) is 0 Å². The molecule has 0 spiro atoms. The van der Waals surface area contributed by atoms with E-state index in [9.17, 15) is 0 Å². The van der Waals surface area contributed by atoms with Crippen LogP contribution in [0.1, 0.15) is 26.7 Å². The topological polar surface area (TPSA) is 8.72 Å². The lowest BCUT2D eigenvalue weighted by Crippen LogP contribution is -2.14. The Morgan fingerprint density at radius 3 is 2.27 bits per heavy atom. The predicted molar refractivity (Wildman–Crippen MR) is 46.0 cm³/mol. The zero-order valence-electron chi connectivity index (χ0n) is 7.22. The minimum absolute atomic E-state index is 0.104. The maximum absolute atomic E-state index is 6.70. The molecular formula is C9H14N2. The van der Waals surface area contributed by atoms with E-state index in [4.69, 9.17) is 13.1 Å². The number of rotatable bonds is 4. The normalized spacial score (nSPS) is 10.2. The first-order valence-electron chi connectivity index (χ1n) is 3.79. The second-order valence-electron chi connectivity index (χ2n) is 3.47. The summed E-state index contributed by atoms with van der Waals surface area (Å²) >= 11 is 0. The quantitative estimate of drug-likeness (QED) is 0.430. The van der Waals surface area contributed by atoms with E-state index in [1.807, 2.05) is 0 Å². The summed E-state index contributed by atoms with van der Waals surface area (Å²) in [7, 11) is 0. The van der Waals surface area contributed by atoms with Gasteiger partial charge in [-0.15, -0.1) is 0 Å². The van der Waals surface area contributed by atoms with E-state index in [2.05, 4.69) is 23.5 Å². The van der Waals surface area contributed by atoms with Crippen molar-refractivity contribution in [3.05, 3.63) is 22.8 Å². The molecule has 0 aliphatic heterocycles. The number of hydrogen-bond donors (Lipinski definition) is 0. The molecule has 0 saturated carbocycles. The maximum Gasteiger partial charge on any atom is 0.219 e. The molecule has 0 unspecified atom stereocenters. The van der Waals surface area contributed by atoms with Crippen LogP contribution >= 0.6 is 0 Å². The van der Waals surface area contributed by atoms with Crippen LogP contribution in [0.15, 0.2) is 0 Å². The average molecular weight is 150 g/mol.